The predicted molar refractivity (Wildman–Crippen MR) is 63.7 cm³/mol. The predicted octanol–water partition coefficient (Wildman–Crippen LogP) is 2.05. The van der Waals surface area contributed by atoms with E-state index in [1.54, 1.807) is 0 Å². The summed E-state index contributed by atoms with van der Waals surface area (Å²) in [4.78, 5) is 2.24. The van der Waals surface area contributed by atoms with Gasteiger partial charge in [0.25, 0.3) is 0 Å². The first-order valence-electron chi connectivity index (χ1n) is 5.64. The van der Waals surface area contributed by atoms with Crippen LogP contribution in [0.5, 0.6) is 0 Å². The molecular formula is C13H20N2. The first-order chi connectivity index (χ1) is 7.08. The summed E-state index contributed by atoms with van der Waals surface area (Å²) in [6.45, 7) is 8.91. The second-order valence-corrected chi connectivity index (χ2v) is 4.70. The third-order valence-electron chi connectivity index (χ3n) is 3.09. The smallest absolute Gasteiger partial charge is 0.169 e. The number of rotatable bonds is 1. The number of hydrogen-bond donors (Lipinski definition) is 0. The van der Waals surface area contributed by atoms with Crippen LogP contribution in [0.25, 0.3) is 0 Å². The Morgan fingerprint density at radius 1 is 1.33 bits per heavy atom. The Morgan fingerprint density at radius 2 is 1.93 bits per heavy atom. The van der Waals surface area contributed by atoms with Crippen LogP contribution in [0.3, 0.4) is 0 Å². The van der Waals surface area contributed by atoms with Gasteiger partial charge in [-0.3, -0.25) is 0 Å². The van der Waals surface area contributed by atoms with Gasteiger partial charge in [0, 0.05) is 6.04 Å². The molecule has 0 atom stereocenters. The van der Waals surface area contributed by atoms with Crippen LogP contribution in [0.2, 0.25) is 0 Å². The van der Waals surface area contributed by atoms with E-state index in [-0.39, 0.29) is 0 Å². The van der Waals surface area contributed by atoms with Gasteiger partial charge in [0.1, 0.15) is 13.1 Å². The molecule has 0 unspecified atom stereocenters. The Balaban J connectivity index is 2.26. The van der Waals surface area contributed by atoms with Crippen molar-refractivity contribution in [2.45, 2.75) is 20.8 Å². The van der Waals surface area contributed by atoms with E-state index in [9.17, 15) is 0 Å². The first-order valence-corrected chi connectivity index (χ1v) is 5.64. The van der Waals surface area contributed by atoms with Crippen molar-refractivity contribution < 1.29 is 4.58 Å². The molecule has 1 heterocycles. The van der Waals surface area contributed by atoms with Crippen molar-refractivity contribution >= 4 is 6.34 Å². The van der Waals surface area contributed by atoms with Crippen molar-refractivity contribution in [2.75, 3.05) is 20.1 Å². The lowest BCUT2D eigenvalue weighted by Gasteiger charge is -2.30. The summed E-state index contributed by atoms with van der Waals surface area (Å²) in [7, 11) is 2.13. The molecule has 0 N–H and O–H groups in total. The molecule has 0 aromatic rings. The van der Waals surface area contributed by atoms with E-state index in [4.69, 9.17) is 0 Å². The van der Waals surface area contributed by atoms with Gasteiger partial charge >= 0.3 is 0 Å². The van der Waals surface area contributed by atoms with E-state index >= 15 is 0 Å². The van der Waals surface area contributed by atoms with Gasteiger partial charge in [-0.2, -0.15) is 0 Å². The van der Waals surface area contributed by atoms with Crippen molar-refractivity contribution in [1.29, 1.82) is 0 Å². The third kappa shape index (κ3) is 1.94. The maximum atomic E-state index is 2.36. The van der Waals surface area contributed by atoms with E-state index in [1.165, 1.54) is 17.2 Å². The maximum Gasteiger partial charge on any atom is 0.169 e. The zero-order valence-corrected chi connectivity index (χ0v) is 10.1. The molecule has 15 heavy (non-hydrogen) atoms. The molecule has 2 aliphatic rings. The van der Waals surface area contributed by atoms with E-state index in [1.807, 2.05) is 0 Å². The van der Waals surface area contributed by atoms with E-state index in [2.05, 4.69) is 55.8 Å². The summed E-state index contributed by atoms with van der Waals surface area (Å²) in [5.74, 6) is 0.578. The molecule has 2 rings (SSSR count). The lowest BCUT2D eigenvalue weighted by Crippen LogP contribution is -2.23. The topological polar surface area (TPSA) is 6.25 Å². The Kier molecular flexibility index (Phi) is 2.59. The van der Waals surface area contributed by atoms with Crippen LogP contribution in [-0.4, -0.2) is 36.0 Å². The number of allylic oxidation sites excluding steroid dienone is 2. The van der Waals surface area contributed by atoms with Crippen LogP contribution in [0.1, 0.15) is 20.8 Å². The average Bonchev–Trinajstić information content (AvgIpc) is 2.49. The van der Waals surface area contributed by atoms with Crippen molar-refractivity contribution in [3.8, 4) is 0 Å². The second-order valence-electron chi connectivity index (χ2n) is 4.70. The largest absolute Gasteiger partial charge is 0.310 e. The number of nitrogens with zero attached hydrogens (tertiary/aromatic N) is 2. The second kappa shape index (κ2) is 3.76. The van der Waals surface area contributed by atoms with E-state index < -0.39 is 0 Å². The molecule has 0 aromatic heterocycles. The zero-order chi connectivity index (χ0) is 11.0. The van der Waals surface area contributed by atoms with E-state index in [0.29, 0.717) is 5.92 Å². The molecule has 1 aliphatic carbocycles. The average molecular weight is 204 g/mol. The molecule has 0 saturated carbocycles. The van der Waals surface area contributed by atoms with Crippen LogP contribution in [-0.2, 0) is 0 Å². The molecule has 82 valence electrons. The minimum absolute atomic E-state index is 0.578. The highest BCUT2D eigenvalue weighted by Crippen LogP contribution is 2.31. The third-order valence-corrected chi connectivity index (χ3v) is 3.09. The van der Waals surface area contributed by atoms with Crippen LogP contribution >= 0.6 is 0 Å². The Morgan fingerprint density at radius 3 is 2.40 bits per heavy atom. The van der Waals surface area contributed by atoms with Crippen LogP contribution in [0.15, 0.2) is 23.3 Å². The zero-order valence-electron chi connectivity index (χ0n) is 10.1. The van der Waals surface area contributed by atoms with Gasteiger partial charge in [-0.15, -0.1) is 12.2 Å². The van der Waals surface area contributed by atoms with Crippen LogP contribution in [0, 0.1) is 12.0 Å². The Labute approximate surface area is 92.6 Å². The molecule has 1 aliphatic heterocycles. The molecule has 0 bridgehead atoms. The van der Waals surface area contributed by atoms with Gasteiger partial charge in [-0.05, 0) is 0 Å². The molecular weight excluding hydrogens is 184 g/mol. The van der Waals surface area contributed by atoms with Crippen LogP contribution < -0.4 is 0 Å². The van der Waals surface area contributed by atoms with E-state index in [0.717, 1.165) is 13.1 Å². The van der Waals surface area contributed by atoms with Crippen LogP contribution in [0.4, 0.5) is 0 Å². The SMILES string of the molecule is CC1=CC(C)C=C(C)[C-]1[N+]1=CN(C)CC1. The van der Waals surface area contributed by atoms with Gasteiger partial charge in [0.2, 0.25) is 0 Å². The van der Waals surface area contributed by atoms with Crippen molar-refractivity contribution in [3.63, 3.8) is 0 Å². The summed E-state index contributed by atoms with van der Waals surface area (Å²) in [5.41, 5.74) is 2.82. The first kappa shape index (κ1) is 10.3. The quantitative estimate of drug-likeness (QED) is 0.468. The minimum atomic E-state index is 0.578. The van der Waals surface area contributed by atoms with Crippen molar-refractivity contribution in [3.05, 3.63) is 29.3 Å². The van der Waals surface area contributed by atoms with Gasteiger partial charge in [-0.25, -0.2) is 0 Å². The van der Waals surface area contributed by atoms with Gasteiger partial charge in [0.05, 0.1) is 7.05 Å². The standard InChI is InChI=1S/C13H20N2/c1-10-7-11(2)13(12(3)8-10)15-6-5-14(4)9-15/h7-10H,5-6H2,1-4H3. The monoisotopic (exact) mass is 204 g/mol. The highest BCUT2D eigenvalue weighted by molar-refractivity contribution is 5.52. The molecule has 0 saturated heterocycles. The Bertz CT molecular complexity index is 330. The Hall–Kier alpha value is -1.18. The lowest BCUT2D eigenvalue weighted by molar-refractivity contribution is -0.488. The highest BCUT2D eigenvalue weighted by Gasteiger charge is 2.22. The molecule has 2 heteroatoms. The molecule has 0 spiro atoms. The van der Waals surface area contributed by atoms with Gasteiger partial charge in [0.15, 0.2) is 6.34 Å². The fraction of sp³-hybridized carbons (Fsp3) is 0.538. The lowest BCUT2D eigenvalue weighted by atomic mass is 9.89. The minimum Gasteiger partial charge on any atom is -0.310 e. The highest BCUT2D eigenvalue weighted by atomic mass is 15.3. The fourth-order valence-corrected chi connectivity index (χ4v) is 2.55. The molecule has 2 nitrogen and oxygen atoms in total. The molecule has 0 fully saturated rings. The summed E-state index contributed by atoms with van der Waals surface area (Å²) in [6.07, 6.45) is 6.89. The molecule has 0 radical (unpaired) electrons. The summed E-state index contributed by atoms with van der Waals surface area (Å²) < 4.78 is 2.36. The maximum absolute atomic E-state index is 2.36. The normalized spacial score (nSPS) is 22.8. The van der Waals surface area contributed by atoms with Crippen molar-refractivity contribution in [1.82, 2.24) is 4.90 Å². The summed E-state index contributed by atoms with van der Waals surface area (Å²) in [6, 6.07) is 1.40. The van der Waals surface area contributed by atoms with Gasteiger partial charge in [-0.1, -0.05) is 37.8 Å². The summed E-state index contributed by atoms with van der Waals surface area (Å²) >= 11 is 0. The number of likely N-dealkylation sites (N-methyl/N-ethyl adjacent to an activating group) is 1. The summed E-state index contributed by atoms with van der Waals surface area (Å²) in [5, 5.41) is 0. The molecule has 0 aromatic carbocycles. The molecule has 0 amide bonds. The number of hydrogen-bond acceptors (Lipinski definition) is 1. The fourth-order valence-electron chi connectivity index (χ4n) is 2.55. The van der Waals surface area contributed by atoms with Crippen molar-refractivity contribution in [2.24, 2.45) is 5.92 Å². The van der Waals surface area contributed by atoms with Gasteiger partial charge < -0.3 is 9.48 Å².